The zero-order chi connectivity index (χ0) is 12.3. The molecule has 0 bridgehead atoms. The van der Waals surface area contributed by atoms with E-state index in [9.17, 15) is 4.79 Å². The Morgan fingerprint density at radius 2 is 2.06 bits per heavy atom. The third kappa shape index (κ3) is 2.61. The molecule has 0 aliphatic heterocycles. The number of Topliss-reactive ketones (excluding diaryl/α,β-unsaturated/α-hetero) is 1. The van der Waals surface area contributed by atoms with Gasteiger partial charge in [0.25, 0.3) is 0 Å². The first kappa shape index (κ1) is 13.2. The van der Waals surface area contributed by atoms with Crippen LogP contribution in [0.1, 0.15) is 11.4 Å². The molecule has 0 amide bonds. The zero-order valence-electron chi connectivity index (χ0n) is 9.78. The van der Waals surface area contributed by atoms with Crippen LogP contribution in [0, 0.1) is 6.92 Å². The number of ether oxygens (including phenoxy) is 2. The highest BCUT2D eigenvalue weighted by molar-refractivity contribution is 6.32. The van der Waals surface area contributed by atoms with E-state index in [0.29, 0.717) is 16.4 Å². The van der Waals surface area contributed by atoms with Crippen LogP contribution in [-0.4, -0.2) is 36.1 Å². The van der Waals surface area contributed by atoms with Crippen molar-refractivity contribution in [2.45, 2.75) is 19.6 Å². The van der Waals surface area contributed by atoms with Crippen LogP contribution in [0.15, 0.2) is 0 Å². The maximum Gasteiger partial charge on any atom is 0.217 e. The third-order valence-corrected chi connectivity index (χ3v) is 2.79. The minimum atomic E-state index is -0.855. The van der Waals surface area contributed by atoms with Crippen LogP contribution in [0.4, 0.5) is 0 Å². The van der Waals surface area contributed by atoms with Crippen molar-refractivity contribution >= 4 is 17.4 Å². The molecule has 5 nitrogen and oxygen atoms in total. The number of aryl methyl sites for hydroxylation is 2. The topological polar surface area (TPSA) is 53.4 Å². The van der Waals surface area contributed by atoms with Crippen molar-refractivity contribution in [2.75, 3.05) is 14.2 Å². The standard InChI is InChI=1S/C10H15ClN2O3/c1-6-9(11)7(13(2)12-6)5-8(14)10(15-3)16-4/h10H,5H2,1-4H3. The lowest BCUT2D eigenvalue weighted by molar-refractivity contribution is -0.156. The van der Waals surface area contributed by atoms with E-state index in [1.807, 2.05) is 0 Å². The summed E-state index contributed by atoms with van der Waals surface area (Å²) in [6.07, 6.45) is -0.714. The predicted octanol–water partition coefficient (Wildman–Crippen LogP) is 1.11. The SMILES string of the molecule is COC(OC)C(=O)Cc1c(Cl)c(C)nn1C. The summed E-state index contributed by atoms with van der Waals surface area (Å²) >= 11 is 6.03. The van der Waals surface area contributed by atoms with E-state index in [2.05, 4.69) is 5.10 Å². The number of aromatic nitrogens is 2. The molecule has 0 atom stereocenters. The lowest BCUT2D eigenvalue weighted by Gasteiger charge is -2.11. The Morgan fingerprint density at radius 1 is 1.50 bits per heavy atom. The van der Waals surface area contributed by atoms with Gasteiger partial charge in [-0.3, -0.25) is 9.48 Å². The number of rotatable bonds is 5. The highest BCUT2D eigenvalue weighted by Crippen LogP contribution is 2.20. The maximum atomic E-state index is 11.7. The van der Waals surface area contributed by atoms with E-state index >= 15 is 0 Å². The van der Waals surface area contributed by atoms with Gasteiger partial charge in [0, 0.05) is 21.3 Å². The van der Waals surface area contributed by atoms with Gasteiger partial charge in [0.05, 0.1) is 22.8 Å². The molecule has 0 radical (unpaired) electrons. The first-order valence-corrected chi connectivity index (χ1v) is 5.15. The summed E-state index contributed by atoms with van der Waals surface area (Å²) < 4.78 is 11.3. The zero-order valence-corrected chi connectivity index (χ0v) is 10.5. The minimum Gasteiger partial charge on any atom is -0.349 e. The summed E-state index contributed by atoms with van der Waals surface area (Å²) in [5, 5.41) is 4.64. The summed E-state index contributed by atoms with van der Waals surface area (Å²) in [7, 11) is 4.58. The largest absolute Gasteiger partial charge is 0.349 e. The number of halogens is 1. The van der Waals surface area contributed by atoms with E-state index in [-0.39, 0.29) is 12.2 Å². The molecule has 16 heavy (non-hydrogen) atoms. The van der Waals surface area contributed by atoms with Gasteiger partial charge < -0.3 is 9.47 Å². The quantitative estimate of drug-likeness (QED) is 0.731. The van der Waals surface area contributed by atoms with E-state index < -0.39 is 6.29 Å². The highest BCUT2D eigenvalue weighted by Gasteiger charge is 2.21. The number of hydrogen-bond acceptors (Lipinski definition) is 4. The molecule has 90 valence electrons. The number of carbonyl (C=O) groups excluding carboxylic acids is 1. The van der Waals surface area contributed by atoms with Crippen molar-refractivity contribution in [3.63, 3.8) is 0 Å². The smallest absolute Gasteiger partial charge is 0.217 e. The van der Waals surface area contributed by atoms with Crippen molar-refractivity contribution in [2.24, 2.45) is 7.05 Å². The molecule has 0 spiro atoms. The minimum absolute atomic E-state index is 0.141. The second-order valence-corrected chi connectivity index (χ2v) is 3.79. The van der Waals surface area contributed by atoms with Gasteiger partial charge in [0.1, 0.15) is 0 Å². The molecule has 0 saturated carbocycles. The maximum absolute atomic E-state index is 11.7. The first-order valence-electron chi connectivity index (χ1n) is 4.77. The molecule has 1 aromatic rings. The molecule has 0 fully saturated rings. The second kappa shape index (κ2) is 5.43. The molecule has 0 saturated heterocycles. The molecule has 1 aromatic heterocycles. The van der Waals surface area contributed by atoms with Crippen molar-refractivity contribution in [1.82, 2.24) is 9.78 Å². The Kier molecular flexibility index (Phi) is 4.46. The average molecular weight is 247 g/mol. The summed E-state index contributed by atoms with van der Waals surface area (Å²) in [6, 6.07) is 0. The van der Waals surface area contributed by atoms with Gasteiger partial charge in [-0.2, -0.15) is 5.10 Å². The second-order valence-electron chi connectivity index (χ2n) is 3.42. The van der Waals surface area contributed by atoms with Crippen LogP contribution < -0.4 is 0 Å². The van der Waals surface area contributed by atoms with Crippen LogP contribution >= 0.6 is 11.6 Å². The van der Waals surface area contributed by atoms with Gasteiger partial charge in [-0.15, -0.1) is 0 Å². The monoisotopic (exact) mass is 246 g/mol. The Bertz CT molecular complexity index is 386. The fraction of sp³-hybridized carbons (Fsp3) is 0.600. The van der Waals surface area contributed by atoms with Gasteiger partial charge in [-0.1, -0.05) is 11.6 Å². The summed E-state index contributed by atoms with van der Waals surface area (Å²) in [4.78, 5) is 11.7. The summed E-state index contributed by atoms with van der Waals surface area (Å²) in [5.41, 5.74) is 1.38. The Balaban J connectivity index is 2.84. The van der Waals surface area contributed by atoms with Crippen molar-refractivity contribution in [1.29, 1.82) is 0 Å². The normalized spacial score (nSPS) is 11.1. The van der Waals surface area contributed by atoms with Crippen molar-refractivity contribution in [3.05, 3.63) is 16.4 Å². The molecular weight excluding hydrogens is 232 g/mol. The molecule has 0 aliphatic rings. The fourth-order valence-corrected chi connectivity index (χ4v) is 1.71. The number of hydrogen-bond donors (Lipinski definition) is 0. The number of ketones is 1. The van der Waals surface area contributed by atoms with Crippen molar-refractivity contribution in [3.8, 4) is 0 Å². The Labute approximate surface area is 99.3 Å². The highest BCUT2D eigenvalue weighted by atomic mass is 35.5. The van der Waals surface area contributed by atoms with E-state index in [1.165, 1.54) is 14.2 Å². The van der Waals surface area contributed by atoms with Crippen molar-refractivity contribution < 1.29 is 14.3 Å². The summed E-state index contributed by atoms with van der Waals surface area (Å²) in [6.45, 7) is 1.79. The first-order chi connectivity index (χ1) is 7.51. The third-order valence-electron chi connectivity index (χ3n) is 2.29. The van der Waals surface area contributed by atoms with Crippen LogP contribution in [0.2, 0.25) is 5.02 Å². The molecule has 0 unspecified atom stereocenters. The van der Waals surface area contributed by atoms with Gasteiger partial charge in [-0.25, -0.2) is 0 Å². The number of methoxy groups -OCH3 is 2. The van der Waals surface area contributed by atoms with Crippen LogP contribution in [0.5, 0.6) is 0 Å². The number of nitrogens with zero attached hydrogens (tertiary/aromatic N) is 2. The summed E-state index contributed by atoms with van der Waals surface area (Å²) in [5.74, 6) is -0.185. The fourth-order valence-electron chi connectivity index (χ4n) is 1.48. The van der Waals surface area contributed by atoms with E-state index in [4.69, 9.17) is 21.1 Å². The lowest BCUT2D eigenvalue weighted by atomic mass is 10.2. The molecule has 0 aliphatic carbocycles. The van der Waals surface area contributed by atoms with Gasteiger partial charge in [-0.05, 0) is 6.92 Å². The molecule has 0 aromatic carbocycles. The molecule has 0 N–H and O–H groups in total. The average Bonchev–Trinajstić information content (AvgIpc) is 2.47. The molecule has 1 heterocycles. The van der Waals surface area contributed by atoms with Gasteiger partial charge in [0.2, 0.25) is 6.29 Å². The van der Waals surface area contributed by atoms with E-state index in [0.717, 1.165) is 0 Å². The lowest BCUT2D eigenvalue weighted by Crippen LogP contribution is -2.27. The molecular formula is C10H15ClN2O3. The molecule has 1 rings (SSSR count). The van der Waals surface area contributed by atoms with E-state index in [1.54, 1.807) is 18.7 Å². The Morgan fingerprint density at radius 3 is 2.44 bits per heavy atom. The van der Waals surface area contributed by atoms with Gasteiger partial charge >= 0.3 is 0 Å². The van der Waals surface area contributed by atoms with Crippen LogP contribution in [-0.2, 0) is 27.7 Å². The predicted molar refractivity (Wildman–Crippen MR) is 59.5 cm³/mol. The van der Waals surface area contributed by atoms with Crippen LogP contribution in [0.25, 0.3) is 0 Å². The number of carbonyl (C=O) groups is 1. The molecule has 6 heteroatoms. The Hall–Kier alpha value is -0.910. The van der Waals surface area contributed by atoms with Crippen LogP contribution in [0.3, 0.4) is 0 Å². The van der Waals surface area contributed by atoms with Gasteiger partial charge in [0.15, 0.2) is 5.78 Å².